The highest BCUT2D eigenvalue weighted by Gasteiger charge is 2.33. The number of thiophene rings is 1. The molecule has 2 aromatic carbocycles. The first-order valence-corrected chi connectivity index (χ1v) is 12.7. The van der Waals surface area contributed by atoms with Gasteiger partial charge in [0.1, 0.15) is 12.3 Å². The summed E-state index contributed by atoms with van der Waals surface area (Å²) in [7, 11) is 0. The second-order valence-corrected chi connectivity index (χ2v) is 9.51. The Morgan fingerprint density at radius 3 is 2.53 bits per heavy atom. The number of carbonyl (C=O) groups excluding carboxylic acids is 1. The van der Waals surface area contributed by atoms with Crippen LogP contribution in [0.5, 0.6) is 5.75 Å². The molecule has 3 heterocycles. The summed E-state index contributed by atoms with van der Waals surface area (Å²) in [5.74, 6) is 0.478. The molecule has 1 unspecified atom stereocenters. The summed E-state index contributed by atoms with van der Waals surface area (Å²) < 4.78 is 6.71. The first kappa shape index (κ1) is 23.7. The van der Waals surface area contributed by atoms with E-state index in [9.17, 15) is 9.59 Å². The molecule has 36 heavy (non-hydrogen) atoms. The number of ether oxygens (including phenoxy) is 1. The SMILES string of the molecule is CCOc1ccc(-c2ccc(=O)n(CC(=O)N3N=C(c4cccs4)CC3c3ccc(C)cc3)n2)cc1. The van der Waals surface area contributed by atoms with Gasteiger partial charge in [-0.2, -0.15) is 10.2 Å². The van der Waals surface area contributed by atoms with Crippen molar-refractivity contribution < 1.29 is 9.53 Å². The molecule has 4 aromatic rings. The highest BCUT2D eigenvalue weighted by molar-refractivity contribution is 7.12. The summed E-state index contributed by atoms with van der Waals surface area (Å²) in [4.78, 5) is 27.1. The van der Waals surface area contributed by atoms with Crippen molar-refractivity contribution in [1.82, 2.24) is 14.8 Å². The molecule has 5 rings (SSSR count). The predicted octanol–water partition coefficient (Wildman–Crippen LogP) is 5.06. The Bertz CT molecular complexity index is 1440. The smallest absolute Gasteiger partial charge is 0.267 e. The Morgan fingerprint density at radius 2 is 1.83 bits per heavy atom. The lowest BCUT2D eigenvalue weighted by atomic mass is 10.00. The number of hydrogen-bond donors (Lipinski definition) is 0. The van der Waals surface area contributed by atoms with Crippen LogP contribution < -0.4 is 10.3 Å². The van der Waals surface area contributed by atoms with Crippen molar-refractivity contribution >= 4 is 23.0 Å². The highest BCUT2D eigenvalue weighted by atomic mass is 32.1. The summed E-state index contributed by atoms with van der Waals surface area (Å²) in [5.41, 5.74) is 4.11. The molecule has 0 bridgehead atoms. The van der Waals surface area contributed by atoms with Crippen LogP contribution in [0.25, 0.3) is 11.3 Å². The van der Waals surface area contributed by atoms with Gasteiger partial charge in [0, 0.05) is 18.1 Å². The molecular weight excluding hydrogens is 472 g/mol. The quantitative estimate of drug-likeness (QED) is 0.357. The molecule has 1 aliphatic heterocycles. The number of aromatic nitrogens is 2. The fraction of sp³-hybridized carbons (Fsp3) is 0.214. The zero-order chi connectivity index (χ0) is 25.1. The molecule has 182 valence electrons. The van der Waals surface area contributed by atoms with Gasteiger partial charge in [-0.15, -0.1) is 11.3 Å². The van der Waals surface area contributed by atoms with E-state index in [1.54, 1.807) is 17.4 Å². The van der Waals surface area contributed by atoms with E-state index in [4.69, 9.17) is 9.84 Å². The number of hydrogen-bond acceptors (Lipinski definition) is 6. The molecule has 0 N–H and O–H groups in total. The summed E-state index contributed by atoms with van der Waals surface area (Å²) >= 11 is 1.60. The average molecular weight is 499 g/mol. The van der Waals surface area contributed by atoms with Gasteiger partial charge in [-0.05, 0) is 61.2 Å². The van der Waals surface area contributed by atoms with Gasteiger partial charge < -0.3 is 4.74 Å². The fourth-order valence-corrected chi connectivity index (χ4v) is 4.91. The Kier molecular flexibility index (Phi) is 6.77. The number of amides is 1. The number of rotatable bonds is 7. The van der Waals surface area contributed by atoms with Crippen LogP contribution in [0.4, 0.5) is 0 Å². The van der Waals surface area contributed by atoms with Gasteiger partial charge in [-0.3, -0.25) is 9.59 Å². The second-order valence-electron chi connectivity index (χ2n) is 8.56. The number of hydrazone groups is 1. The van der Waals surface area contributed by atoms with E-state index < -0.39 is 0 Å². The van der Waals surface area contributed by atoms with Crippen molar-refractivity contribution in [3.8, 4) is 17.0 Å². The van der Waals surface area contributed by atoms with E-state index in [1.165, 1.54) is 15.8 Å². The average Bonchev–Trinajstić information content (AvgIpc) is 3.57. The fourth-order valence-electron chi connectivity index (χ4n) is 4.19. The van der Waals surface area contributed by atoms with Crippen LogP contribution in [0.3, 0.4) is 0 Å². The van der Waals surface area contributed by atoms with Gasteiger partial charge in [0.15, 0.2) is 0 Å². The van der Waals surface area contributed by atoms with E-state index in [-0.39, 0.29) is 24.1 Å². The molecule has 7 nitrogen and oxygen atoms in total. The molecule has 0 spiro atoms. The summed E-state index contributed by atoms with van der Waals surface area (Å²) in [6.45, 7) is 4.35. The van der Waals surface area contributed by atoms with Gasteiger partial charge in [0.25, 0.3) is 11.5 Å². The molecule has 8 heteroatoms. The van der Waals surface area contributed by atoms with Crippen LogP contribution in [-0.2, 0) is 11.3 Å². The Morgan fingerprint density at radius 1 is 1.06 bits per heavy atom. The van der Waals surface area contributed by atoms with Gasteiger partial charge >= 0.3 is 0 Å². The predicted molar refractivity (Wildman–Crippen MR) is 141 cm³/mol. The van der Waals surface area contributed by atoms with Crippen LogP contribution in [0.2, 0.25) is 0 Å². The number of aryl methyl sites for hydroxylation is 1. The van der Waals surface area contributed by atoms with Gasteiger partial charge in [0.2, 0.25) is 0 Å². The molecule has 1 atom stereocenters. The molecule has 0 saturated heterocycles. The van der Waals surface area contributed by atoms with Crippen molar-refractivity contribution in [2.75, 3.05) is 6.61 Å². The zero-order valence-corrected chi connectivity index (χ0v) is 20.9. The molecule has 0 saturated carbocycles. The molecule has 0 radical (unpaired) electrons. The maximum Gasteiger partial charge on any atom is 0.267 e. The lowest BCUT2D eigenvalue weighted by molar-refractivity contribution is -0.133. The standard InChI is InChI=1S/C28H26N4O3S/c1-3-35-22-12-10-20(11-13-22)23-14-15-27(33)31(29-23)18-28(34)32-25(21-8-6-19(2)7-9-21)17-24(30-32)26-5-4-16-36-26/h4-16,25H,3,17-18H2,1-2H3. The minimum atomic E-state index is -0.341. The third kappa shape index (κ3) is 4.99. The van der Waals surface area contributed by atoms with E-state index in [0.29, 0.717) is 18.7 Å². The molecule has 0 aliphatic carbocycles. The summed E-state index contributed by atoms with van der Waals surface area (Å²) in [6, 6.07) is 22.5. The zero-order valence-electron chi connectivity index (χ0n) is 20.1. The number of benzene rings is 2. The maximum absolute atomic E-state index is 13.5. The van der Waals surface area contributed by atoms with Crippen LogP contribution in [-0.4, -0.2) is 33.0 Å². The van der Waals surface area contributed by atoms with Crippen molar-refractivity contribution in [3.05, 3.63) is 105 Å². The van der Waals surface area contributed by atoms with Crippen LogP contribution in [0, 0.1) is 6.92 Å². The summed E-state index contributed by atoms with van der Waals surface area (Å²) in [6.07, 6.45) is 0.615. The Hall–Kier alpha value is -4.04. The minimum Gasteiger partial charge on any atom is -0.494 e. The third-order valence-electron chi connectivity index (χ3n) is 6.05. The minimum absolute atomic E-state index is 0.201. The van der Waals surface area contributed by atoms with Crippen molar-refractivity contribution in [2.45, 2.75) is 32.9 Å². The third-order valence-corrected chi connectivity index (χ3v) is 6.97. The van der Waals surface area contributed by atoms with E-state index >= 15 is 0 Å². The summed E-state index contributed by atoms with van der Waals surface area (Å²) in [5, 5.41) is 12.7. The Labute approximate surface area is 213 Å². The van der Waals surface area contributed by atoms with Crippen molar-refractivity contribution in [2.24, 2.45) is 5.10 Å². The molecular formula is C28H26N4O3S. The lowest BCUT2D eigenvalue weighted by Gasteiger charge is -2.22. The Balaban J connectivity index is 1.42. The molecule has 1 amide bonds. The molecule has 0 fully saturated rings. The topological polar surface area (TPSA) is 76.8 Å². The first-order chi connectivity index (χ1) is 17.5. The number of nitrogens with zero attached hydrogens (tertiary/aromatic N) is 4. The van der Waals surface area contributed by atoms with Crippen LogP contribution in [0.15, 0.2) is 88.1 Å². The largest absolute Gasteiger partial charge is 0.494 e. The van der Waals surface area contributed by atoms with Gasteiger partial charge in [-0.25, -0.2) is 9.69 Å². The maximum atomic E-state index is 13.5. The van der Waals surface area contributed by atoms with Crippen molar-refractivity contribution in [3.63, 3.8) is 0 Å². The van der Waals surface area contributed by atoms with E-state index in [0.717, 1.165) is 33.0 Å². The molecule has 2 aromatic heterocycles. The number of carbonyl (C=O) groups is 1. The van der Waals surface area contributed by atoms with Crippen LogP contribution in [0.1, 0.15) is 35.4 Å². The monoisotopic (exact) mass is 498 g/mol. The normalized spacial score (nSPS) is 15.1. The van der Waals surface area contributed by atoms with Crippen molar-refractivity contribution in [1.29, 1.82) is 0 Å². The lowest BCUT2D eigenvalue weighted by Crippen LogP contribution is -2.34. The van der Waals surface area contributed by atoms with Gasteiger partial charge in [0.05, 0.1) is 28.9 Å². The van der Waals surface area contributed by atoms with Crippen LogP contribution >= 0.6 is 11.3 Å². The first-order valence-electron chi connectivity index (χ1n) is 11.8. The van der Waals surface area contributed by atoms with E-state index in [1.807, 2.05) is 79.9 Å². The molecule has 1 aliphatic rings. The van der Waals surface area contributed by atoms with Gasteiger partial charge in [-0.1, -0.05) is 35.9 Å². The van der Waals surface area contributed by atoms with E-state index in [2.05, 4.69) is 5.10 Å². The highest BCUT2D eigenvalue weighted by Crippen LogP contribution is 2.34. The second kappa shape index (κ2) is 10.3.